The smallest absolute Gasteiger partial charge is 0.271 e. The summed E-state index contributed by atoms with van der Waals surface area (Å²) in [5, 5.41) is 10.3. The molecule has 0 spiro atoms. The highest BCUT2D eigenvalue weighted by atomic mass is 19.1. The molecule has 0 aliphatic carbocycles. The molecule has 3 rings (SSSR count). The average molecular weight is 261 g/mol. The van der Waals surface area contributed by atoms with Crippen LogP contribution in [-0.2, 0) is 12.1 Å². The van der Waals surface area contributed by atoms with Gasteiger partial charge in [0.05, 0.1) is 18.3 Å². The number of anilines is 1. The Kier molecular flexibility index (Phi) is 2.31. The maximum Gasteiger partial charge on any atom is 0.271 e. The molecule has 2 heterocycles. The molecule has 1 aromatic carbocycles. The summed E-state index contributed by atoms with van der Waals surface area (Å²) in [5.74, 6) is -0.749. The van der Waals surface area contributed by atoms with Gasteiger partial charge in [0.25, 0.3) is 5.91 Å². The SMILES string of the molecule is CC1(c2cc(N)ccc2F)Cn2nncc2C(=O)N1. The first-order chi connectivity index (χ1) is 8.99. The number of carbonyl (C=O) groups excluding carboxylic acids is 1. The monoisotopic (exact) mass is 261 g/mol. The second-order valence-corrected chi connectivity index (χ2v) is 4.80. The van der Waals surface area contributed by atoms with E-state index in [4.69, 9.17) is 5.73 Å². The number of hydrogen-bond acceptors (Lipinski definition) is 4. The molecule has 1 atom stereocenters. The molecule has 0 fully saturated rings. The second-order valence-electron chi connectivity index (χ2n) is 4.80. The van der Waals surface area contributed by atoms with E-state index >= 15 is 0 Å². The lowest BCUT2D eigenvalue weighted by Crippen LogP contribution is -2.52. The van der Waals surface area contributed by atoms with Crippen molar-refractivity contribution in [1.29, 1.82) is 0 Å². The Bertz CT molecular complexity index is 668. The van der Waals surface area contributed by atoms with Crippen molar-refractivity contribution in [3.05, 3.63) is 41.5 Å². The van der Waals surface area contributed by atoms with Gasteiger partial charge in [-0.2, -0.15) is 0 Å². The van der Waals surface area contributed by atoms with Crippen LogP contribution in [0.3, 0.4) is 0 Å². The van der Waals surface area contributed by atoms with E-state index in [1.54, 1.807) is 6.92 Å². The third-order valence-corrected chi connectivity index (χ3v) is 3.29. The van der Waals surface area contributed by atoms with Crippen LogP contribution in [0.5, 0.6) is 0 Å². The molecule has 1 aliphatic heterocycles. The van der Waals surface area contributed by atoms with Crippen molar-refractivity contribution >= 4 is 11.6 Å². The van der Waals surface area contributed by atoms with Crippen molar-refractivity contribution in [1.82, 2.24) is 20.3 Å². The Balaban J connectivity index is 2.10. The Hall–Kier alpha value is -2.44. The number of aromatic nitrogens is 3. The van der Waals surface area contributed by atoms with E-state index in [0.29, 0.717) is 23.5 Å². The Morgan fingerprint density at radius 2 is 2.32 bits per heavy atom. The first kappa shape index (κ1) is 11.6. The summed E-state index contributed by atoms with van der Waals surface area (Å²) >= 11 is 0. The van der Waals surface area contributed by atoms with E-state index < -0.39 is 11.4 Å². The maximum atomic E-state index is 14.0. The van der Waals surface area contributed by atoms with Gasteiger partial charge in [-0.05, 0) is 25.1 Å². The topological polar surface area (TPSA) is 85.8 Å². The van der Waals surface area contributed by atoms with Crippen LogP contribution in [0.25, 0.3) is 0 Å². The molecule has 0 saturated carbocycles. The normalized spacial score (nSPS) is 21.9. The van der Waals surface area contributed by atoms with E-state index in [1.165, 1.54) is 29.1 Å². The van der Waals surface area contributed by atoms with Gasteiger partial charge in [-0.25, -0.2) is 9.07 Å². The molecule has 2 aromatic rings. The molecule has 6 nitrogen and oxygen atoms in total. The number of nitrogens with one attached hydrogen (secondary N) is 1. The minimum absolute atomic E-state index is 0.300. The van der Waals surface area contributed by atoms with Crippen molar-refractivity contribution in [3.8, 4) is 0 Å². The summed E-state index contributed by atoms with van der Waals surface area (Å²) in [6.07, 6.45) is 1.38. The molecular weight excluding hydrogens is 249 g/mol. The van der Waals surface area contributed by atoms with E-state index in [1.807, 2.05) is 0 Å². The quantitative estimate of drug-likeness (QED) is 0.738. The number of fused-ring (bicyclic) bond motifs is 1. The zero-order valence-corrected chi connectivity index (χ0v) is 10.2. The molecule has 0 bridgehead atoms. The summed E-state index contributed by atoms with van der Waals surface area (Å²) in [4.78, 5) is 12.0. The van der Waals surface area contributed by atoms with Gasteiger partial charge in [-0.3, -0.25) is 4.79 Å². The number of nitrogen functional groups attached to an aromatic ring is 1. The zero-order valence-electron chi connectivity index (χ0n) is 10.2. The van der Waals surface area contributed by atoms with Gasteiger partial charge < -0.3 is 11.1 Å². The summed E-state index contributed by atoms with van der Waals surface area (Å²) in [6.45, 7) is 2.03. The van der Waals surface area contributed by atoms with Crippen LogP contribution >= 0.6 is 0 Å². The van der Waals surface area contributed by atoms with Crippen molar-refractivity contribution in [3.63, 3.8) is 0 Å². The van der Waals surface area contributed by atoms with Crippen LogP contribution in [0, 0.1) is 5.82 Å². The zero-order chi connectivity index (χ0) is 13.6. The van der Waals surface area contributed by atoms with Crippen LogP contribution in [0.4, 0.5) is 10.1 Å². The number of hydrogen-bond donors (Lipinski definition) is 2. The molecule has 1 aliphatic rings. The summed E-state index contributed by atoms with van der Waals surface area (Å²) in [6, 6.07) is 4.30. The predicted octanol–water partition coefficient (Wildman–Crippen LogP) is 0.658. The first-order valence-corrected chi connectivity index (χ1v) is 5.76. The number of halogens is 1. The fourth-order valence-electron chi connectivity index (χ4n) is 2.32. The van der Waals surface area contributed by atoms with Crippen LogP contribution < -0.4 is 11.1 Å². The third kappa shape index (κ3) is 1.74. The predicted molar refractivity (Wildman–Crippen MR) is 65.7 cm³/mol. The first-order valence-electron chi connectivity index (χ1n) is 5.76. The van der Waals surface area contributed by atoms with Gasteiger partial charge >= 0.3 is 0 Å². The minimum atomic E-state index is -0.906. The van der Waals surface area contributed by atoms with Crippen molar-refractivity contribution in [2.45, 2.75) is 19.0 Å². The molecule has 3 N–H and O–H groups in total. The number of benzene rings is 1. The standard InChI is InChI=1S/C12H12FN5O/c1-12(8-4-7(14)2-3-9(8)13)6-18-10(5-15-17-18)11(19)16-12/h2-5H,6,14H2,1H3,(H,16,19). The van der Waals surface area contributed by atoms with Crippen molar-refractivity contribution in [2.24, 2.45) is 0 Å². The van der Waals surface area contributed by atoms with E-state index in [2.05, 4.69) is 15.6 Å². The lowest BCUT2D eigenvalue weighted by Gasteiger charge is -2.35. The highest BCUT2D eigenvalue weighted by Crippen LogP contribution is 2.30. The van der Waals surface area contributed by atoms with Gasteiger partial charge in [-0.1, -0.05) is 5.21 Å². The van der Waals surface area contributed by atoms with Crippen LogP contribution in [0.15, 0.2) is 24.4 Å². The molecule has 98 valence electrons. The highest BCUT2D eigenvalue weighted by molar-refractivity contribution is 5.93. The van der Waals surface area contributed by atoms with Crippen LogP contribution in [-0.4, -0.2) is 20.9 Å². The minimum Gasteiger partial charge on any atom is -0.399 e. The Morgan fingerprint density at radius 3 is 3.11 bits per heavy atom. The Labute approximate surface area is 108 Å². The number of nitrogens with two attached hydrogens (primary N) is 1. The summed E-state index contributed by atoms with van der Waals surface area (Å²) in [7, 11) is 0. The number of rotatable bonds is 1. The Morgan fingerprint density at radius 1 is 1.53 bits per heavy atom. The molecular formula is C12H12FN5O. The molecule has 0 radical (unpaired) electrons. The average Bonchev–Trinajstić information content (AvgIpc) is 2.80. The molecule has 19 heavy (non-hydrogen) atoms. The molecule has 0 saturated heterocycles. The van der Waals surface area contributed by atoms with Crippen LogP contribution in [0.2, 0.25) is 0 Å². The number of amides is 1. The molecule has 1 amide bonds. The van der Waals surface area contributed by atoms with Gasteiger partial charge in [0.15, 0.2) is 0 Å². The fourth-order valence-corrected chi connectivity index (χ4v) is 2.32. The lowest BCUT2D eigenvalue weighted by molar-refractivity contribution is 0.0836. The van der Waals surface area contributed by atoms with E-state index in [9.17, 15) is 9.18 Å². The highest BCUT2D eigenvalue weighted by Gasteiger charge is 2.38. The van der Waals surface area contributed by atoms with Gasteiger partial charge in [0, 0.05) is 11.3 Å². The summed E-state index contributed by atoms with van der Waals surface area (Å²) in [5.41, 5.74) is 5.92. The molecule has 7 heteroatoms. The second kappa shape index (κ2) is 3.78. The molecule has 1 unspecified atom stereocenters. The lowest BCUT2D eigenvalue weighted by atomic mass is 9.89. The largest absolute Gasteiger partial charge is 0.399 e. The van der Waals surface area contributed by atoms with Crippen molar-refractivity contribution < 1.29 is 9.18 Å². The fraction of sp³-hybridized carbons (Fsp3) is 0.250. The number of carbonyl (C=O) groups is 1. The van der Waals surface area contributed by atoms with Gasteiger partial charge in [-0.15, -0.1) is 5.10 Å². The van der Waals surface area contributed by atoms with Crippen LogP contribution in [0.1, 0.15) is 23.0 Å². The molecule has 1 aromatic heterocycles. The third-order valence-electron chi connectivity index (χ3n) is 3.29. The maximum absolute atomic E-state index is 14.0. The van der Waals surface area contributed by atoms with E-state index in [-0.39, 0.29) is 5.91 Å². The number of nitrogens with zero attached hydrogens (tertiary/aromatic N) is 3. The van der Waals surface area contributed by atoms with Gasteiger partial charge in [0.2, 0.25) is 0 Å². The summed E-state index contributed by atoms with van der Waals surface area (Å²) < 4.78 is 15.4. The van der Waals surface area contributed by atoms with Crippen molar-refractivity contribution in [2.75, 3.05) is 5.73 Å². The van der Waals surface area contributed by atoms with E-state index in [0.717, 1.165) is 0 Å². The van der Waals surface area contributed by atoms with Gasteiger partial charge in [0.1, 0.15) is 11.5 Å².